The van der Waals surface area contributed by atoms with Crippen molar-refractivity contribution in [2.45, 2.75) is 29.9 Å². The maximum absolute atomic E-state index is 5.59. The Morgan fingerprint density at radius 2 is 1.77 bits per heavy atom. The molecule has 3 nitrogen and oxygen atoms in total. The molecule has 26 heavy (non-hydrogen) atoms. The molecule has 1 atom stereocenters. The van der Waals surface area contributed by atoms with Gasteiger partial charge in [-0.1, -0.05) is 30.3 Å². The fraction of sp³-hybridized carbons (Fsp3) is 0.318. The molecule has 0 saturated carbocycles. The van der Waals surface area contributed by atoms with E-state index >= 15 is 0 Å². The minimum Gasteiger partial charge on any atom is -0.381 e. The van der Waals surface area contributed by atoms with Gasteiger partial charge < -0.3 is 9.30 Å². The fourth-order valence-corrected chi connectivity index (χ4v) is 4.92. The van der Waals surface area contributed by atoms with Crippen LogP contribution in [0.3, 0.4) is 0 Å². The first kappa shape index (κ1) is 17.4. The van der Waals surface area contributed by atoms with Crippen LogP contribution >= 0.6 is 11.8 Å². The summed E-state index contributed by atoms with van der Waals surface area (Å²) in [4.78, 5) is 5.62. The van der Waals surface area contributed by atoms with Gasteiger partial charge in [-0.05, 0) is 55.5 Å². The summed E-state index contributed by atoms with van der Waals surface area (Å²) in [6.45, 7) is 3.79. The van der Waals surface area contributed by atoms with Crippen LogP contribution in [-0.4, -0.2) is 22.8 Å². The van der Waals surface area contributed by atoms with Crippen LogP contribution < -0.4 is 0 Å². The van der Waals surface area contributed by atoms with Crippen molar-refractivity contribution in [3.63, 3.8) is 0 Å². The molecule has 0 radical (unpaired) electrons. The molecule has 0 aliphatic carbocycles. The van der Waals surface area contributed by atoms with Gasteiger partial charge in [-0.25, -0.2) is 4.98 Å². The van der Waals surface area contributed by atoms with Crippen LogP contribution in [0, 0.1) is 12.8 Å². The topological polar surface area (TPSA) is 27.1 Å². The van der Waals surface area contributed by atoms with E-state index in [4.69, 9.17) is 4.74 Å². The van der Waals surface area contributed by atoms with E-state index in [2.05, 4.69) is 64.1 Å². The van der Waals surface area contributed by atoms with Gasteiger partial charge in [0.2, 0.25) is 0 Å². The molecule has 0 N–H and O–H groups in total. The maximum atomic E-state index is 5.59. The van der Waals surface area contributed by atoms with Gasteiger partial charge in [0.1, 0.15) is 5.82 Å². The number of hydrogen-bond donors (Lipinski definition) is 0. The number of nitrogens with zero attached hydrogens (tertiary/aromatic N) is 2. The zero-order valence-electron chi connectivity index (χ0n) is 15.0. The van der Waals surface area contributed by atoms with Crippen LogP contribution in [-0.2, 0) is 4.74 Å². The first-order valence-electron chi connectivity index (χ1n) is 9.21. The van der Waals surface area contributed by atoms with Crippen LogP contribution in [0.25, 0.3) is 5.69 Å². The summed E-state index contributed by atoms with van der Waals surface area (Å²) < 4.78 is 7.70. The van der Waals surface area contributed by atoms with E-state index in [0.29, 0.717) is 11.2 Å². The Morgan fingerprint density at radius 3 is 2.42 bits per heavy atom. The van der Waals surface area contributed by atoms with Crippen LogP contribution in [0.5, 0.6) is 0 Å². The van der Waals surface area contributed by atoms with E-state index in [1.165, 1.54) is 10.5 Å². The van der Waals surface area contributed by atoms with Gasteiger partial charge in [-0.15, -0.1) is 11.8 Å². The highest BCUT2D eigenvalue weighted by molar-refractivity contribution is 7.99. The van der Waals surface area contributed by atoms with Crippen molar-refractivity contribution in [2.75, 3.05) is 13.2 Å². The van der Waals surface area contributed by atoms with Crippen molar-refractivity contribution in [3.8, 4) is 5.69 Å². The van der Waals surface area contributed by atoms with Crippen molar-refractivity contribution in [1.82, 2.24) is 9.55 Å². The number of aryl methyl sites for hydroxylation is 1. The third kappa shape index (κ3) is 3.87. The Labute approximate surface area is 159 Å². The van der Waals surface area contributed by atoms with Crippen LogP contribution in [0.4, 0.5) is 0 Å². The number of hydrogen-bond acceptors (Lipinski definition) is 3. The lowest BCUT2D eigenvalue weighted by Gasteiger charge is -2.30. The lowest BCUT2D eigenvalue weighted by atomic mass is 9.92. The summed E-state index contributed by atoms with van der Waals surface area (Å²) in [7, 11) is 0. The van der Waals surface area contributed by atoms with E-state index in [-0.39, 0.29) is 0 Å². The Balaban J connectivity index is 1.56. The SMILES string of the molecule is Cc1nccn1-c1ccc(SC(c2ccccc2)C2CCOCC2)cc1. The van der Waals surface area contributed by atoms with Gasteiger partial charge in [0.05, 0.1) is 0 Å². The van der Waals surface area contributed by atoms with Gasteiger partial charge >= 0.3 is 0 Å². The molecule has 3 aromatic rings. The number of aromatic nitrogens is 2. The summed E-state index contributed by atoms with van der Waals surface area (Å²) in [6, 6.07) is 19.7. The molecule has 1 unspecified atom stereocenters. The van der Waals surface area contributed by atoms with Crippen LogP contribution in [0.15, 0.2) is 71.9 Å². The Morgan fingerprint density at radius 1 is 1.04 bits per heavy atom. The molecule has 1 saturated heterocycles. The molecular formula is C22H24N2OS. The predicted molar refractivity (Wildman–Crippen MR) is 107 cm³/mol. The number of imidazole rings is 1. The van der Waals surface area contributed by atoms with E-state index in [0.717, 1.165) is 37.6 Å². The standard InChI is InChI=1S/C22H24N2OS/c1-17-23-13-14-24(17)20-7-9-21(10-8-20)26-22(18-5-3-2-4-6-18)19-11-15-25-16-12-19/h2-10,13-14,19,22H,11-12,15-16H2,1H3. The summed E-state index contributed by atoms with van der Waals surface area (Å²) >= 11 is 1.98. The molecule has 2 aromatic carbocycles. The zero-order chi connectivity index (χ0) is 17.8. The van der Waals surface area contributed by atoms with Crippen molar-refractivity contribution >= 4 is 11.8 Å². The van der Waals surface area contributed by atoms with Gasteiger partial charge in [0, 0.05) is 41.4 Å². The highest BCUT2D eigenvalue weighted by Crippen LogP contribution is 2.44. The highest BCUT2D eigenvalue weighted by Gasteiger charge is 2.26. The monoisotopic (exact) mass is 364 g/mol. The van der Waals surface area contributed by atoms with E-state index < -0.39 is 0 Å². The highest BCUT2D eigenvalue weighted by atomic mass is 32.2. The number of benzene rings is 2. The summed E-state index contributed by atoms with van der Waals surface area (Å²) in [5, 5.41) is 0.473. The third-order valence-electron chi connectivity index (χ3n) is 5.03. The first-order chi connectivity index (χ1) is 12.8. The Hall–Kier alpha value is -2.04. The minimum atomic E-state index is 0.473. The van der Waals surface area contributed by atoms with Crippen LogP contribution in [0.1, 0.15) is 29.5 Å². The molecule has 1 aromatic heterocycles. The zero-order valence-corrected chi connectivity index (χ0v) is 15.9. The molecule has 0 bridgehead atoms. The largest absolute Gasteiger partial charge is 0.381 e. The molecule has 0 spiro atoms. The second-order valence-electron chi connectivity index (χ2n) is 6.74. The summed E-state index contributed by atoms with van der Waals surface area (Å²) in [5.41, 5.74) is 2.57. The molecule has 1 aliphatic heterocycles. The lowest BCUT2D eigenvalue weighted by Crippen LogP contribution is -2.20. The minimum absolute atomic E-state index is 0.473. The number of ether oxygens (including phenoxy) is 1. The molecule has 134 valence electrons. The average molecular weight is 365 g/mol. The summed E-state index contributed by atoms with van der Waals surface area (Å²) in [6.07, 6.45) is 6.12. The normalized spacial score (nSPS) is 16.5. The van der Waals surface area contributed by atoms with E-state index in [1.807, 2.05) is 31.1 Å². The molecule has 2 heterocycles. The average Bonchev–Trinajstić information content (AvgIpc) is 3.14. The molecular weight excluding hydrogens is 340 g/mol. The van der Waals surface area contributed by atoms with E-state index in [1.54, 1.807) is 0 Å². The molecule has 0 amide bonds. The molecule has 4 heteroatoms. The molecule has 1 aliphatic rings. The molecule has 4 rings (SSSR count). The lowest BCUT2D eigenvalue weighted by molar-refractivity contribution is 0.0657. The molecule has 1 fully saturated rings. The second-order valence-corrected chi connectivity index (χ2v) is 7.95. The van der Waals surface area contributed by atoms with Crippen molar-refractivity contribution < 1.29 is 4.74 Å². The van der Waals surface area contributed by atoms with Gasteiger partial charge in [-0.3, -0.25) is 0 Å². The van der Waals surface area contributed by atoms with Gasteiger partial charge in [-0.2, -0.15) is 0 Å². The van der Waals surface area contributed by atoms with Gasteiger partial charge in [0.15, 0.2) is 0 Å². The van der Waals surface area contributed by atoms with Crippen LogP contribution in [0.2, 0.25) is 0 Å². The first-order valence-corrected chi connectivity index (χ1v) is 10.1. The maximum Gasteiger partial charge on any atom is 0.110 e. The smallest absolute Gasteiger partial charge is 0.110 e. The number of thioether (sulfide) groups is 1. The quantitative estimate of drug-likeness (QED) is 0.564. The van der Waals surface area contributed by atoms with Gasteiger partial charge in [0.25, 0.3) is 0 Å². The second kappa shape index (κ2) is 8.11. The van der Waals surface area contributed by atoms with Crippen molar-refractivity contribution in [2.24, 2.45) is 5.92 Å². The van der Waals surface area contributed by atoms with Crippen molar-refractivity contribution in [1.29, 1.82) is 0 Å². The number of rotatable bonds is 5. The Kier molecular flexibility index (Phi) is 5.42. The third-order valence-corrected chi connectivity index (χ3v) is 6.48. The Bertz CT molecular complexity index is 823. The predicted octanol–water partition coefficient (Wildman–Crippen LogP) is 5.44. The summed E-state index contributed by atoms with van der Waals surface area (Å²) in [5.74, 6) is 1.67. The van der Waals surface area contributed by atoms with E-state index in [9.17, 15) is 0 Å². The van der Waals surface area contributed by atoms with Crippen molar-refractivity contribution in [3.05, 3.63) is 78.4 Å². The fourth-order valence-electron chi connectivity index (χ4n) is 3.58.